The number of carbonyl (C=O) groups excluding carboxylic acids is 1. The van der Waals surface area contributed by atoms with Crippen molar-refractivity contribution in [3.8, 4) is 5.88 Å². The molecule has 1 atom stereocenters. The fourth-order valence-corrected chi connectivity index (χ4v) is 3.25. The van der Waals surface area contributed by atoms with Crippen molar-refractivity contribution in [1.82, 2.24) is 10.3 Å². The second-order valence-electron chi connectivity index (χ2n) is 6.57. The van der Waals surface area contributed by atoms with E-state index >= 15 is 0 Å². The maximum atomic E-state index is 12.6. The van der Waals surface area contributed by atoms with Gasteiger partial charge >= 0.3 is 0 Å². The Morgan fingerprint density at radius 1 is 1.00 bits per heavy atom. The molecule has 0 aliphatic carbocycles. The van der Waals surface area contributed by atoms with Crippen molar-refractivity contribution in [3.63, 3.8) is 0 Å². The summed E-state index contributed by atoms with van der Waals surface area (Å²) in [4.78, 5) is 16.9. The molecule has 0 saturated carbocycles. The molecule has 5 nitrogen and oxygen atoms in total. The van der Waals surface area contributed by atoms with Crippen molar-refractivity contribution in [2.24, 2.45) is 0 Å². The number of hydrogen-bond acceptors (Lipinski definition) is 4. The first-order chi connectivity index (χ1) is 13.7. The van der Waals surface area contributed by atoms with Crippen LogP contribution in [0.3, 0.4) is 0 Å². The molecule has 4 rings (SSSR count). The number of aliphatic hydroxyl groups is 1. The SMILES string of the molecule is COc1nc(C(=O)NC[C@H](O)c2ccc3ccccc3c2)cc2ccccc12. The Labute approximate surface area is 162 Å². The van der Waals surface area contributed by atoms with E-state index in [0.29, 0.717) is 5.88 Å². The number of nitrogens with one attached hydrogen (secondary N) is 1. The van der Waals surface area contributed by atoms with Gasteiger partial charge in [0.2, 0.25) is 5.88 Å². The second kappa shape index (κ2) is 7.66. The molecule has 0 aliphatic heterocycles. The van der Waals surface area contributed by atoms with Crippen LogP contribution in [-0.2, 0) is 0 Å². The van der Waals surface area contributed by atoms with E-state index in [-0.39, 0.29) is 18.1 Å². The van der Waals surface area contributed by atoms with Gasteiger partial charge in [0.1, 0.15) is 5.69 Å². The van der Waals surface area contributed by atoms with Gasteiger partial charge in [0.05, 0.1) is 13.2 Å². The summed E-state index contributed by atoms with van der Waals surface area (Å²) < 4.78 is 5.31. The Morgan fingerprint density at radius 3 is 2.50 bits per heavy atom. The first-order valence-corrected chi connectivity index (χ1v) is 9.04. The lowest BCUT2D eigenvalue weighted by Gasteiger charge is -2.14. The highest BCUT2D eigenvalue weighted by Crippen LogP contribution is 2.24. The first kappa shape index (κ1) is 17.9. The molecular formula is C23H20N2O3. The molecule has 2 N–H and O–H groups in total. The van der Waals surface area contributed by atoms with Crippen LogP contribution < -0.4 is 10.1 Å². The van der Waals surface area contributed by atoms with Crippen LogP contribution in [0.2, 0.25) is 0 Å². The van der Waals surface area contributed by atoms with Gasteiger partial charge in [-0.05, 0) is 39.9 Å². The summed E-state index contributed by atoms with van der Waals surface area (Å²) in [6.45, 7) is 0.0913. The second-order valence-corrected chi connectivity index (χ2v) is 6.57. The number of amides is 1. The summed E-state index contributed by atoms with van der Waals surface area (Å²) in [6, 6.07) is 23.0. The minimum atomic E-state index is -0.809. The third kappa shape index (κ3) is 3.52. The van der Waals surface area contributed by atoms with Crippen molar-refractivity contribution in [2.45, 2.75) is 6.10 Å². The number of pyridine rings is 1. The molecule has 4 aromatic rings. The molecule has 0 saturated heterocycles. The molecular weight excluding hydrogens is 352 g/mol. The summed E-state index contributed by atoms with van der Waals surface area (Å²) in [5.74, 6) is 0.0437. The lowest BCUT2D eigenvalue weighted by Crippen LogP contribution is -2.29. The van der Waals surface area contributed by atoms with E-state index in [1.54, 1.807) is 6.07 Å². The molecule has 0 unspecified atom stereocenters. The maximum absolute atomic E-state index is 12.6. The van der Waals surface area contributed by atoms with Crippen LogP contribution >= 0.6 is 0 Å². The number of hydrogen-bond donors (Lipinski definition) is 2. The normalized spacial score (nSPS) is 12.1. The molecule has 1 heterocycles. The molecule has 0 radical (unpaired) electrons. The van der Waals surface area contributed by atoms with E-state index in [0.717, 1.165) is 27.1 Å². The summed E-state index contributed by atoms with van der Waals surface area (Å²) in [5, 5.41) is 17.1. The number of aliphatic hydroxyl groups excluding tert-OH is 1. The Hall–Kier alpha value is -3.44. The monoisotopic (exact) mass is 372 g/mol. The molecule has 0 aliphatic rings. The van der Waals surface area contributed by atoms with E-state index < -0.39 is 6.10 Å². The molecule has 1 amide bonds. The van der Waals surface area contributed by atoms with Crippen LogP contribution in [-0.4, -0.2) is 29.7 Å². The van der Waals surface area contributed by atoms with Crippen molar-refractivity contribution in [1.29, 1.82) is 0 Å². The van der Waals surface area contributed by atoms with E-state index in [1.807, 2.05) is 66.7 Å². The van der Waals surface area contributed by atoms with Gasteiger partial charge in [0, 0.05) is 11.9 Å². The zero-order chi connectivity index (χ0) is 19.5. The third-order valence-electron chi connectivity index (χ3n) is 4.75. The van der Waals surface area contributed by atoms with Gasteiger partial charge in [0.25, 0.3) is 5.91 Å². The number of rotatable bonds is 5. The number of nitrogens with zero attached hydrogens (tertiary/aromatic N) is 1. The lowest BCUT2D eigenvalue weighted by atomic mass is 10.0. The molecule has 5 heteroatoms. The molecule has 3 aromatic carbocycles. The summed E-state index contributed by atoms with van der Waals surface area (Å²) in [5.41, 5.74) is 1.00. The number of aromatic nitrogens is 1. The van der Waals surface area contributed by atoms with E-state index in [4.69, 9.17) is 4.74 Å². The van der Waals surface area contributed by atoms with Gasteiger partial charge < -0.3 is 15.2 Å². The number of methoxy groups -OCH3 is 1. The minimum absolute atomic E-state index is 0.0913. The average molecular weight is 372 g/mol. The van der Waals surface area contributed by atoms with Crippen LogP contribution in [0.25, 0.3) is 21.5 Å². The van der Waals surface area contributed by atoms with Crippen molar-refractivity contribution in [3.05, 3.63) is 84.1 Å². The van der Waals surface area contributed by atoms with E-state index in [1.165, 1.54) is 7.11 Å². The third-order valence-corrected chi connectivity index (χ3v) is 4.75. The quantitative estimate of drug-likeness (QED) is 0.558. The van der Waals surface area contributed by atoms with Gasteiger partial charge in [-0.3, -0.25) is 4.79 Å². The molecule has 0 spiro atoms. The highest BCUT2D eigenvalue weighted by Gasteiger charge is 2.15. The largest absolute Gasteiger partial charge is 0.481 e. The summed E-state index contributed by atoms with van der Waals surface area (Å²) in [7, 11) is 1.53. The molecule has 0 bridgehead atoms. The van der Waals surface area contributed by atoms with Gasteiger partial charge in [-0.15, -0.1) is 0 Å². The van der Waals surface area contributed by atoms with Crippen molar-refractivity contribution in [2.75, 3.05) is 13.7 Å². The Bertz CT molecular complexity index is 1160. The number of ether oxygens (including phenoxy) is 1. The molecule has 0 fully saturated rings. The Balaban J connectivity index is 1.51. The zero-order valence-corrected chi connectivity index (χ0v) is 15.4. The molecule has 28 heavy (non-hydrogen) atoms. The zero-order valence-electron chi connectivity index (χ0n) is 15.4. The van der Waals surface area contributed by atoms with Crippen LogP contribution in [0.1, 0.15) is 22.2 Å². The lowest BCUT2D eigenvalue weighted by molar-refractivity contribution is 0.0911. The van der Waals surface area contributed by atoms with Gasteiger partial charge in [-0.2, -0.15) is 0 Å². The van der Waals surface area contributed by atoms with Crippen molar-refractivity contribution < 1.29 is 14.6 Å². The van der Waals surface area contributed by atoms with Crippen LogP contribution in [0.4, 0.5) is 0 Å². The topological polar surface area (TPSA) is 71.5 Å². The van der Waals surface area contributed by atoms with Crippen molar-refractivity contribution >= 4 is 27.5 Å². The average Bonchev–Trinajstić information content (AvgIpc) is 2.76. The number of carbonyl (C=O) groups is 1. The Morgan fingerprint density at radius 2 is 1.71 bits per heavy atom. The fraction of sp³-hybridized carbons (Fsp3) is 0.130. The fourth-order valence-electron chi connectivity index (χ4n) is 3.25. The smallest absolute Gasteiger partial charge is 0.270 e. The summed E-state index contributed by atoms with van der Waals surface area (Å²) in [6.07, 6.45) is -0.809. The van der Waals surface area contributed by atoms with E-state index in [9.17, 15) is 9.90 Å². The maximum Gasteiger partial charge on any atom is 0.270 e. The standard InChI is InChI=1S/C23H20N2O3/c1-28-23-19-9-5-4-8-17(19)13-20(25-23)22(27)24-14-21(26)18-11-10-15-6-2-3-7-16(15)12-18/h2-13,21,26H,14H2,1H3,(H,24,27)/t21-/m0/s1. The minimum Gasteiger partial charge on any atom is -0.481 e. The first-order valence-electron chi connectivity index (χ1n) is 9.04. The van der Waals surface area contributed by atoms with Crippen LogP contribution in [0.15, 0.2) is 72.8 Å². The van der Waals surface area contributed by atoms with Gasteiger partial charge in [-0.25, -0.2) is 4.98 Å². The van der Waals surface area contributed by atoms with Gasteiger partial charge in [0.15, 0.2) is 0 Å². The summed E-state index contributed by atoms with van der Waals surface area (Å²) >= 11 is 0. The highest BCUT2D eigenvalue weighted by atomic mass is 16.5. The van der Waals surface area contributed by atoms with Crippen LogP contribution in [0.5, 0.6) is 5.88 Å². The number of fused-ring (bicyclic) bond motifs is 2. The van der Waals surface area contributed by atoms with Gasteiger partial charge in [-0.1, -0.05) is 54.6 Å². The Kier molecular flexibility index (Phi) is 4.91. The number of benzene rings is 3. The predicted octanol–water partition coefficient (Wildman–Crippen LogP) is 3.86. The molecule has 140 valence electrons. The molecule has 1 aromatic heterocycles. The predicted molar refractivity (Wildman–Crippen MR) is 110 cm³/mol. The highest BCUT2D eigenvalue weighted by molar-refractivity contribution is 5.98. The van der Waals surface area contributed by atoms with E-state index in [2.05, 4.69) is 10.3 Å². The van der Waals surface area contributed by atoms with Crippen LogP contribution in [0, 0.1) is 0 Å².